The van der Waals surface area contributed by atoms with E-state index in [1.54, 1.807) is 19.1 Å². The molecule has 2 rings (SSSR count). The summed E-state index contributed by atoms with van der Waals surface area (Å²) < 4.78 is 26.3. The summed E-state index contributed by atoms with van der Waals surface area (Å²) in [6.45, 7) is 1.81. The van der Waals surface area contributed by atoms with Crippen LogP contribution >= 0.6 is 0 Å². The van der Waals surface area contributed by atoms with Crippen LogP contribution in [0.25, 0.3) is 0 Å². The molecule has 1 heterocycles. The first-order chi connectivity index (χ1) is 8.49. The number of aryl methyl sites for hydroxylation is 1. The molecule has 0 aliphatic rings. The van der Waals surface area contributed by atoms with E-state index in [0.29, 0.717) is 5.69 Å². The Hall–Kier alpha value is -2.15. The van der Waals surface area contributed by atoms with Gasteiger partial charge in [-0.3, -0.25) is 0 Å². The Morgan fingerprint density at radius 2 is 1.89 bits per heavy atom. The van der Waals surface area contributed by atoms with Crippen LogP contribution in [0.3, 0.4) is 0 Å². The number of aromatic nitrogens is 2. The zero-order chi connectivity index (χ0) is 13.2. The minimum atomic E-state index is -3.71. The lowest BCUT2D eigenvalue weighted by atomic mass is 10.2. The van der Waals surface area contributed by atoms with Crippen LogP contribution < -0.4 is 10.5 Å². The van der Waals surface area contributed by atoms with E-state index in [9.17, 15) is 8.42 Å². The minimum Gasteiger partial charge on any atom is -0.398 e. The third-order valence-corrected chi connectivity index (χ3v) is 3.68. The van der Waals surface area contributed by atoms with E-state index in [1.165, 1.54) is 24.5 Å². The highest BCUT2D eigenvalue weighted by atomic mass is 32.2. The third-order valence-electron chi connectivity index (χ3n) is 2.35. The number of anilines is 2. The van der Waals surface area contributed by atoms with Gasteiger partial charge in [0.25, 0.3) is 10.0 Å². The summed E-state index contributed by atoms with van der Waals surface area (Å²) in [5.41, 5.74) is 6.93. The first-order valence-electron chi connectivity index (χ1n) is 5.15. The van der Waals surface area contributed by atoms with E-state index in [2.05, 4.69) is 14.7 Å². The molecule has 7 heteroatoms. The number of nitrogen functional groups attached to an aromatic ring is 1. The molecule has 0 saturated carbocycles. The number of sulfonamides is 1. The highest BCUT2D eigenvalue weighted by molar-refractivity contribution is 7.92. The van der Waals surface area contributed by atoms with Gasteiger partial charge < -0.3 is 5.73 Å². The summed E-state index contributed by atoms with van der Waals surface area (Å²) in [6, 6.07) is 6.13. The van der Waals surface area contributed by atoms with E-state index >= 15 is 0 Å². The van der Waals surface area contributed by atoms with Crippen molar-refractivity contribution in [2.24, 2.45) is 0 Å². The topological polar surface area (TPSA) is 98.0 Å². The van der Waals surface area contributed by atoms with E-state index in [-0.39, 0.29) is 10.8 Å². The molecule has 0 aliphatic carbocycles. The van der Waals surface area contributed by atoms with Crippen molar-refractivity contribution in [2.45, 2.75) is 11.8 Å². The number of rotatable bonds is 3. The standard InChI is InChI=1S/C11H12N4O2S/c1-8-3-4-9(7-10(8)12)18(16,17)15-11-13-5-2-6-14-11/h2-7H,12H2,1H3,(H,13,14,15). The Kier molecular flexibility index (Phi) is 3.15. The first kappa shape index (κ1) is 12.3. The second kappa shape index (κ2) is 4.61. The fraction of sp³-hybridized carbons (Fsp3) is 0.0909. The molecule has 0 aliphatic heterocycles. The summed E-state index contributed by atoms with van der Waals surface area (Å²) in [5, 5.41) is 0. The lowest BCUT2D eigenvalue weighted by Gasteiger charge is -2.07. The SMILES string of the molecule is Cc1ccc(S(=O)(=O)Nc2ncccn2)cc1N. The maximum Gasteiger partial charge on any atom is 0.264 e. The van der Waals surface area contributed by atoms with E-state index < -0.39 is 10.0 Å². The van der Waals surface area contributed by atoms with Gasteiger partial charge in [0.05, 0.1) is 4.90 Å². The quantitative estimate of drug-likeness (QED) is 0.811. The van der Waals surface area contributed by atoms with Crippen molar-refractivity contribution in [3.05, 3.63) is 42.2 Å². The van der Waals surface area contributed by atoms with Crippen LogP contribution in [-0.4, -0.2) is 18.4 Å². The molecule has 1 aromatic heterocycles. The monoisotopic (exact) mass is 264 g/mol. The van der Waals surface area contributed by atoms with Crippen LogP contribution in [0.4, 0.5) is 11.6 Å². The maximum atomic E-state index is 12.0. The number of nitrogens with zero attached hydrogens (tertiary/aromatic N) is 2. The zero-order valence-corrected chi connectivity index (χ0v) is 10.5. The largest absolute Gasteiger partial charge is 0.398 e. The molecule has 3 N–H and O–H groups in total. The summed E-state index contributed by atoms with van der Waals surface area (Å²) in [4.78, 5) is 7.68. The molecule has 0 bridgehead atoms. The number of nitrogens with two attached hydrogens (primary N) is 1. The Morgan fingerprint density at radius 1 is 1.22 bits per heavy atom. The molecule has 18 heavy (non-hydrogen) atoms. The molecular formula is C11H12N4O2S. The molecule has 94 valence electrons. The van der Waals surface area contributed by atoms with Crippen LogP contribution in [0.5, 0.6) is 0 Å². The van der Waals surface area contributed by atoms with Crippen LogP contribution in [0.15, 0.2) is 41.6 Å². The molecule has 0 spiro atoms. The molecule has 0 saturated heterocycles. The highest BCUT2D eigenvalue weighted by Crippen LogP contribution is 2.18. The average Bonchev–Trinajstić information content (AvgIpc) is 2.33. The lowest BCUT2D eigenvalue weighted by molar-refractivity contribution is 0.601. The molecule has 0 radical (unpaired) electrons. The van der Waals surface area contributed by atoms with Gasteiger partial charge in [-0.15, -0.1) is 0 Å². The summed E-state index contributed by atoms with van der Waals surface area (Å²) >= 11 is 0. The van der Waals surface area contributed by atoms with Crippen molar-refractivity contribution in [1.29, 1.82) is 0 Å². The van der Waals surface area contributed by atoms with E-state index in [4.69, 9.17) is 5.73 Å². The van der Waals surface area contributed by atoms with Crippen molar-refractivity contribution >= 4 is 21.7 Å². The summed E-state index contributed by atoms with van der Waals surface area (Å²) in [7, 11) is -3.71. The number of benzene rings is 1. The van der Waals surface area contributed by atoms with Gasteiger partial charge in [-0.25, -0.2) is 23.1 Å². The Balaban J connectivity index is 2.34. The van der Waals surface area contributed by atoms with Crippen molar-refractivity contribution < 1.29 is 8.42 Å². The minimum absolute atomic E-state index is 0.0247. The molecule has 1 aromatic carbocycles. The van der Waals surface area contributed by atoms with Gasteiger partial charge in [-0.1, -0.05) is 6.07 Å². The smallest absolute Gasteiger partial charge is 0.264 e. The van der Waals surface area contributed by atoms with Crippen LogP contribution in [-0.2, 0) is 10.0 Å². The molecule has 2 aromatic rings. The lowest BCUT2D eigenvalue weighted by Crippen LogP contribution is -2.15. The fourth-order valence-corrected chi connectivity index (χ4v) is 2.31. The van der Waals surface area contributed by atoms with Gasteiger partial charge in [0, 0.05) is 18.1 Å². The molecular weight excluding hydrogens is 252 g/mol. The fourth-order valence-electron chi connectivity index (χ4n) is 1.32. The predicted molar refractivity (Wildman–Crippen MR) is 68.4 cm³/mol. The number of nitrogens with one attached hydrogen (secondary N) is 1. The van der Waals surface area contributed by atoms with Crippen LogP contribution in [0.1, 0.15) is 5.56 Å². The molecule has 0 atom stereocenters. The van der Waals surface area contributed by atoms with E-state index in [0.717, 1.165) is 5.56 Å². The molecule has 6 nitrogen and oxygen atoms in total. The highest BCUT2D eigenvalue weighted by Gasteiger charge is 2.15. The van der Waals surface area contributed by atoms with Gasteiger partial charge in [0.2, 0.25) is 5.95 Å². The van der Waals surface area contributed by atoms with Crippen molar-refractivity contribution in [3.8, 4) is 0 Å². The van der Waals surface area contributed by atoms with Gasteiger partial charge in [0.15, 0.2) is 0 Å². The first-order valence-corrected chi connectivity index (χ1v) is 6.63. The normalized spacial score (nSPS) is 11.2. The van der Waals surface area contributed by atoms with Crippen LogP contribution in [0, 0.1) is 6.92 Å². The van der Waals surface area contributed by atoms with Gasteiger partial charge in [-0.2, -0.15) is 0 Å². The van der Waals surface area contributed by atoms with E-state index in [1.807, 2.05) is 0 Å². The van der Waals surface area contributed by atoms with Crippen molar-refractivity contribution in [2.75, 3.05) is 10.5 Å². The Labute approximate surface area is 105 Å². The van der Waals surface area contributed by atoms with Gasteiger partial charge in [-0.05, 0) is 30.7 Å². The molecule has 0 unspecified atom stereocenters. The van der Waals surface area contributed by atoms with Gasteiger partial charge >= 0.3 is 0 Å². The molecule has 0 fully saturated rings. The second-order valence-electron chi connectivity index (χ2n) is 3.70. The zero-order valence-electron chi connectivity index (χ0n) is 9.66. The Bertz CT molecular complexity index is 656. The second-order valence-corrected chi connectivity index (χ2v) is 5.38. The third kappa shape index (κ3) is 2.57. The molecule has 0 amide bonds. The number of hydrogen-bond acceptors (Lipinski definition) is 5. The Morgan fingerprint density at radius 3 is 2.50 bits per heavy atom. The summed E-state index contributed by atoms with van der Waals surface area (Å²) in [6.07, 6.45) is 2.91. The number of hydrogen-bond donors (Lipinski definition) is 2. The van der Waals surface area contributed by atoms with Gasteiger partial charge in [0.1, 0.15) is 0 Å². The summed E-state index contributed by atoms with van der Waals surface area (Å²) in [5.74, 6) is 0.0247. The van der Waals surface area contributed by atoms with Crippen LogP contribution in [0.2, 0.25) is 0 Å². The van der Waals surface area contributed by atoms with Crippen molar-refractivity contribution in [1.82, 2.24) is 9.97 Å². The predicted octanol–water partition coefficient (Wildman–Crippen LogP) is 1.17. The maximum absolute atomic E-state index is 12.0. The average molecular weight is 264 g/mol. The van der Waals surface area contributed by atoms with Crippen molar-refractivity contribution in [3.63, 3.8) is 0 Å².